The molecule has 10 heteroatoms. The van der Waals surface area contributed by atoms with Crippen LogP contribution in [0, 0.1) is 0 Å². The van der Waals surface area contributed by atoms with E-state index in [2.05, 4.69) is 4.99 Å². The minimum absolute atomic E-state index is 0.167. The van der Waals surface area contributed by atoms with E-state index in [-0.39, 0.29) is 16.1 Å². The van der Waals surface area contributed by atoms with E-state index in [4.69, 9.17) is 9.15 Å². The molecule has 0 bridgehead atoms. The monoisotopic (exact) mass is 472 g/mol. The van der Waals surface area contributed by atoms with Crippen LogP contribution in [0.25, 0.3) is 21.2 Å². The SMILES string of the molecule is CCOCCn1c(=NC(=O)c2cc(=O)c3ccccc3o2)sc2cc(S(C)(=O)=O)ccc21. The maximum atomic E-state index is 12.9. The van der Waals surface area contributed by atoms with E-state index < -0.39 is 15.7 Å². The number of carbonyl (C=O) groups excluding carboxylic acids is 1. The standard InChI is InChI=1S/C22H20N2O6S2/c1-3-29-11-10-24-16-9-8-14(32(2,27)28)12-20(16)31-22(24)23-21(26)19-13-17(25)15-6-4-5-7-18(15)30-19/h4-9,12-13H,3,10-11H2,1-2H3. The van der Waals surface area contributed by atoms with Gasteiger partial charge in [0.1, 0.15) is 5.58 Å². The van der Waals surface area contributed by atoms with Crippen molar-refractivity contribution >= 4 is 48.3 Å². The molecule has 0 aliphatic heterocycles. The molecule has 166 valence electrons. The Morgan fingerprint density at radius 2 is 1.97 bits per heavy atom. The summed E-state index contributed by atoms with van der Waals surface area (Å²) in [7, 11) is -3.38. The van der Waals surface area contributed by atoms with Gasteiger partial charge in [-0.1, -0.05) is 23.5 Å². The predicted molar refractivity (Wildman–Crippen MR) is 122 cm³/mol. The van der Waals surface area contributed by atoms with Crippen molar-refractivity contribution in [2.24, 2.45) is 4.99 Å². The van der Waals surface area contributed by atoms with Crippen LogP contribution in [0.2, 0.25) is 0 Å². The Labute approximate surface area is 187 Å². The molecule has 0 radical (unpaired) electrons. The van der Waals surface area contributed by atoms with Crippen LogP contribution in [0.1, 0.15) is 17.5 Å². The Kier molecular flexibility index (Phi) is 6.09. The van der Waals surface area contributed by atoms with Gasteiger partial charge >= 0.3 is 5.91 Å². The third-order valence-corrected chi connectivity index (χ3v) is 6.94. The molecule has 0 saturated heterocycles. The van der Waals surface area contributed by atoms with Gasteiger partial charge in [0.15, 0.2) is 25.8 Å². The molecule has 2 aromatic carbocycles. The Bertz CT molecular complexity index is 1560. The molecular formula is C22H20N2O6S2. The lowest BCUT2D eigenvalue weighted by Gasteiger charge is -2.06. The summed E-state index contributed by atoms with van der Waals surface area (Å²) in [4.78, 5) is 29.9. The number of carbonyl (C=O) groups is 1. The van der Waals surface area contributed by atoms with Crippen LogP contribution in [0.3, 0.4) is 0 Å². The summed E-state index contributed by atoms with van der Waals surface area (Å²) >= 11 is 1.18. The highest BCUT2D eigenvalue weighted by Crippen LogP contribution is 2.22. The minimum atomic E-state index is -3.38. The van der Waals surface area contributed by atoms with E-state index in [1.807, 2.05) is 6.92 Å². The number of nitrogens with zero attached hydrogens (tertiary/aromatic N) is 2. The zero-order valence-corrected chi connectivity index (χ0v) is 19.0. The van der Waals surface area contributed by atoms with Gasteiger partial charge in [-0.2, -0.15) is 4.99 Å². The second-order valence-corrected chi connectivity index (χ2v) is 10.0. The summed E-state index contributed by atoms with van der Waals surface area (Å²) in [5.74, 6) is -0.868. The van der Waals surface area contributed by atoms with Crippen LogP contribution in [0.5, 0.6) is 0 Å². The lowest BCUT2D eigenvalue weighted by molar-refractivity contribution is 0.0971. The van der Waals surface area contributed by atoms with E-state index in [0.717, 1.165) is 17.8 Å². The largest absolute Gasteiger partial charge is 0.451 e. The molecule has 0 aliphatic rings. The van der Waals surface area contributed by atoms with Crippen LogP contribution in [0.4, 0.5) is 0 Å². The number of benzene rings is 2. The van der Waals surface area contributed by atoms with Crippen LogP contribution >= 0.6 is 11.3 Å². The van der Waals surface area contributed by atoms with Crippen LogP contribution < -0.4 is 10.2 Å². The first-order valence-corrected chi connectivity index (χ1v) is 12.5. The highest BCUT2D eigenvalue weighted by atomic mass is 32.2. The molecule has 4 aromatic rings. The molecule has 0 N–H and O–H groups in total. The average molecular weight is 473 g/mol. The fourth-order valence-corrected chi connectivity index (χ4v) is 5.05. The second kappa shape index (κ2) is 8.81. The summed E-state index contributed by atoms with van der Waals surface area (Å²) in [6.45, 7) is 3.22. The third-order valence-electron chi connectivity index (χ3n) is 4.79. The topological polar surface area (TPSA) is 108 Å². The average Bonchev–Trinajstić information content (AvgIpc) is 3.09. The molecule has 4 rings (SSSR count). The van der Waals surface area contributed by atoms with Crippen molar-refractivity contribution in [2.45, 2.75) is 18.4 Å². The number of fused-ring (bicyclic) bond motifs is 2. The maximum Gasteiger partial charge on any atom is 0.315 e. The Morgan fingerprint density at radius 3 is 2.72 bits per heavy atom. The number of para-hydroxylation sites is 1. The molecule has 2 aromatic heterocycles. The van der Waals surface area contributed by atoms with Gasteiger partial charge in [0.25, 0.3) is 0 Å². The summed E-state index contributed by atoms with van der Waals surface area (Å²) in [5, 5.41) is 0.381. The molecule has 32 heavy (non-hydrogen) atoms. The van der Waals surface area contributed by atoms with Gasteiger partial charge in [-0.15, -0.1) is 0 Å². The number of aromatic nitrogens is 1. The first-order chi connectivity index (χ1) is 15.3. The van der Waals surface area contributed by atoms with Crippen LogP contribution in [-0.2, 0) is 21.1 Å². The van der Waals surface area contributed by atoms with E-state index >= 15 is 0 Å². The molecule has 0 spiro atoms. The molecule has 0 saturated carbocycles. The van der Waals surface area contributed by atoms with Crippen molar-refractivity contribution in [2.75, 3.05) is 19.5 Å². The number of thiazole rings is 1. The zero-order chi connectivity index (χ0) is 22.9. The van der Waals surface area contributed by atoms with Crippen LogP contribution in [0.15, 0.2) is 67.6 Å². The minimum Gasteiger partial charge on any atom is -0.451 e. The van der Waals surface area contributed by atoms with Crippen molar-refractivity contribution in [1.29, 1.82) is 0 Å². The fourth-order valence-electron chi connectivity index (χ4n) is 3.24. The molecule has 1 amide bonds. The van der Waals surface area contributed by atoms with Crippen molar-refractivity contribution in [3.8, 4) is 0 Å². The number of hydrogen-bond acceptors (Lipinski definition) is 7. The van der Waals surface area contributed by atoms with E-state index in [1.165, 1.54) is 17.4 Å². The molecule has 2 heterocycles. The van der Waals surface area contributed by atoms with Crippen molar-refractivity contribution in [1.82, 2.24) is 4.57 Å². The maximum absolute atomic E-state index is 12.9. The number of amides is 1. The number of rotatable bonds is 6. The van der Waals surface area contributed by atoms with Gasteiger partial charge in [0, 0.05) is 25.5 Å². The Hall–Kier alpha value is -3.08. The van der Waals surface area contributed by atoms with Crippen molar-refractivity contribution in [3.63, 3.8) is 0 Å². The first kappa shape index (κ1) is 22.1. The van der Waals surface area contributed by atoms with Gasteiger partial charge in [0.05, 0.1) is 27.1 Å². The van der Waals surface area contributed by atoms with Gasteiger partial charge in [-0.25, -0.2) is 8.42 Å². The smallest absolute Gasteiger partial charge is 0.315 e. The molecule has 0 aliphatic carbocycles. The molecule has 0 fully saturated rings. The van der Waals surface area contributed by atoms with Gasteiger partial charge in [-0.3, -0.25) is 9.59 Å². The summed E-state index contributed by atoms with van der Waals surface area (Å²) < 4.78 is 37.4. The highest BCUT2D eigenvalue weighted by molar-refractivity contribution is 7.90. The Balaban J connectivity index is 1.85. The van der Waals surface area contributed by atoms with E-state index in [1.54, 1.807) is 41.0 Å². The van der Waals surface area contributed by atoms with E-state index in [9.17, 15) is 18.0 Å². The highest BCUT2D eigenvalue weighted by Gasteiger charge is 2.15. The van der Waals surface area contributed by atoms with Gasteiger partial charge < -0.3 is 13.7 Å². The molecule has 0 unspecified atom stereocenters. The van der Waals surface area contributed by atoms with Crippen molar-refractivity contribution in [3.05, 3.63) is 69.3 Å². The summed E-state index contributed by atoms with van der Waals surface area (Å²) in [6.07, 6.45) is 1.14. The normalized spacial score (nSPS) is 12.6. The molecule has 8 nitrogen and oxygen atoms in total. The first-order valence-electron chi connectivity index (χ1n) is 9.81. The lowest BCUT2D eigenvalue weighted by Crippen LogP contribution is -2.20. The van der Waals surface area contributed by atoms with Crippen LogP contribution in [-0.4, -0.2) is 38.4 Å². The lowest BCUT2D eigenvalue weighted by atomic mass is 10.2. The summed E-state index contributed by atoms with van der Waals surface area (Å²) in [6, 6.07) is 12.6. The molecular weight excluding hydrogens is 452 g/mol. The molecule has 0 atom stereocenters. The second-order valence-electron chi connectivity index (χ2n) is 7.02. The predicted octanol–water partition coefficient (Wildman–Crippen LogP) is 2.99. The summed E-state index contributed by atoms with van der Waals surface area (Å²) in [5.41, 5.74) is 0.703. The Morgan fingerprint density at radius 1 is 1.19 bits per heavy atom. The number of sulfone groups is 1. The fraction of sp³-hybridized carbons (Fsp3) is 0.227. The van der Waals surface area contributed by atoms with Gasteiger partial charge in [-0.05, 0) is 37.3 Å². The van der Waals surface area contributed by atoms with Gasteiger partial charge in [0.2, 0.25) is 0 Å². The zero-order valence-electron chi connectivity index (χ0n) is 17.4. The van der Waals surface area contributed by atoms with Crippen molar-refractivity contribution < 1.29 is 22.4 Å². The van der Waals surface area contributed by atoms with E-state index in [0.29, 0.717) is 40.2 Å². The quantitative estimate of drug-likeness (QED) is 0.399. The third kappa shape index (κ3) is 4.43. The number of ether oxygens (including phenoxy) is 1. The number of hydrogen-bond donors (Lipinski definition) is 0.